The summed E-state index contributed by atoms with van der Waals surface area (Å²) >= 11 is 0. The van der Waals surface area contributed by atoms with E-state index in [1.54, 1.807) is 24.5 Å². The van der Waals surface area contributed by atoms with E-state index in [2.05, 4.69) is 11.1 Å². The lowest BCUT2D eigenvalue weighted by atomic mass is 10.0. The summed E-state index contributed by atoms with van der Waals surface area (Å²) in [4.78, 5) is 17.3. The largest absolute Gasteiger partial charge is 0.455 e. The van der Waals surface area contributed by atoms with E-state index in [0.29, 0.717) is 17.8 Å². The molecular weight excluding hydrogens is 350 g/mol. The Morgan fingerprint density at radius 2 is 1.93 bits per heavy atom. The number of esters is 1. The molecule has 142 valence electrons. The summed E-state index contributed by atoms with van der Waals surface area (Å²) in [7, 11) is 0. The van der Waals surface area contributed by atoms with E-state index >= 15 is 0 Å². The topological polar surface area (TPSA) is 67.9 Å². The molecule has 0 saturated heterocycles. The van der Waals surface area contributed by atoms with Gasteiger partial charge >= 0.3 is 5.97 Å². The minimum Gasteiger partial charge on any atom is -0.455 e. The van der Waals surface area contributed by atoms with Gasteiger partial charge in [0.25, 0.3) is 0 Å². The average molecular weight is 373 g/mol. The molecule has 0 N–H and O–H groups in total. The third-order valence-corrected chi connectivity index (χ3v) is 4.24. The van der Waals surface area contributed by atoms with Crippen molar-refractivity contribution in [1.29, 1.82) is 5.26 Å². The van der Waals surface area contributed by atoms with Crippen molar-refractivity contribution in [2.45, 2.75) is 39.8 Å². The van der Waals surface area contributed by atoms with Crippen molar-refractivity contribution in [2.24, 2.45) is 0 Å². The van der Waals surface area contributed by atoms with E-state index < -0.39 is 5.60 Å². The van der Waals surface area contributed by atoms with Gasteiger partial charge in [-0.1, -0.05) is 18.2 Å². The van der Waals surface area contributed by atoms with Crippen molar-refractivity contribution < 1.29 is 9.53 Å². The number of carbonyl (C=O) groups excluding carboxylic acids is 1. The average Bonchev–Trinajstić information content (AvgIpc) is 2.97. The lowest BCUT2D eigenvalue weighted by Gasteiger charge is -2.21. The first-order chi connectivity index (χ1) is 13.3. The first kappa shape index (κ1) is 19.4. The fourth-order valence-corrected chi connectivity index (χ4v) is 3.13. The highest BCUT2D eigenvalue weighted by Crippen LogP contribution is 2.31. The van der Waals surface area contributed by atoms with Crippen molar-refractivity contribution in [1.82, 2.24) is 9.55 Å². The molecule has 0 spiro atoms. The van der Waals surface area contributed by atoms with Gasteiger partial charge in [0.05, 0.1) is 11.6 Å². The highest BCUT2D eigenvalue weighted by Gasteiger charge is 2.26. The number of aryl methyl sites for hydroxylation is 1. The van der Waals surface area contributed by atoms with Gasteiger partial charge in [-0.2, -0.15) is 5.26 Å². The highest BCUT2D eigenvalue weighted by atomic mass is 16.6. The molecule has 2 heterocycles. The zero-order valence-electron chi connectivity index (χ0n) is 16.6. The van der Waals surface area contributed by atoms with Crippen LogP contribution in [-0.4, -0.2) is 21.1 Å². The van der Waals surface area contributed by atoms with Crippen molar-refractivity contribution >= 4 is 5.97 Å². The predicted octanol–water partition coefficient (Wildman–Crippen LogP) is 4.73. The standard InChI is InChI=1S/C23H23N3O2/c1-16-14-26(15-18-6-5-11-25-13-18)21(22(27)28-23(2,3)4)20(16)19-9-7-17(12-24)8-10-19/h5-11,13-14H,15H2,1-4H3. The molecule has 5 nitrogen and oxygen atoms in total. The van der Waals surface area contributed by atoms with Crippen LogP contribution in [0.3, 0.4) is 0 Å². The molecule has 0 bridgehead atoms. The number of pyridine rings is 1. The van der Waals surface area contributed by atoms with Gasteiger partial charge in [-0.15, -0.1) is 0 Å². The van der Waals surface area contributed by atoms with Crippen LogP contribution in [-0.2, 0) is 11.3 Å². The molecule has 0 radical (unpaired) electrons. The second-order valence-corrected chi connectivity index (χ2v) is 7.72. The zero-order valence-corrected chi connectivity index (χ0v) is 16.6. The fraction of sp³-hybridized carbons (Fsp3) is 0.261. The summed E-state index contributed by atoms with van der Waals surface area (Å²) < 4.78 is 7.61. The van der Waals surface area contributed by atoms with Gasteiger partial charge in [0.1, 0.15) is 11.3 Å². The number of aromatic nitrogens is 2. The fourth-order valence-electron chi connectivity index (χ4n) is 3.13. The molecule has 28 heavy (non-hydrogen) atoms. The SMILES string of the molecule is Cc1cn(Cc2cccnc2)c(C(=O)OC(C)(C)C)c1-c1ccc(C#N)cc1. The lowest BCUT2D eigenvalue weighted by molar-refractivity contribution is 0.00592. The van der Waals surface area contributed by atoms with Gasteiger partial charge < -0.3 is 9.30 Å². The van der Waals surface area contributed by atoms with Gasteiger partial charge in [-0.3, -0.25) is 4.98 Å². The third-order valence-electron chi connectivity index (χ3n) is 4.24. The molecule has 0 amide bonds. The molecule has 3 aromatic rings. The summed E-state index contributed by atoms with van der Waals surface area (Å²) in [5.74, 6) is -0.371. The van der Waals surface area contributed by atoms with Gasteiger partial charge in [0.15, 0.2) is 0 Å². The number of benzene rings is 1. The Morgan fingerprint density at radius 3 is 2.50 bits per heavy atom. The number of ether oxygens (including phenoxy) is 1. The first-order valence-corrected chi connectivity index (χ1v) is 9.11. The van der Waals surface area contributed by atoms with Gasteiger partial charge in [-0.05, 0) is 62.6 Å². The van der Waals surface area contributed by atoms with Crippen LogP contribution in [0.15, 0.2) is 55.0 Å². The molecule has 3 rings (SSSR count). The van der Waals surface area contributed by atoms with Crippen LogP contribution in [0.25, 0.3) is 11.1 Å². The number of nitrogens with zero attached hydrogens (tertiary/aromatic N) is 3. The van der Waals surface area contributed by atoms with Crippen LogP contribution in [0.4, 0.5) is 0 Å². The van der Waals surface area contributed by atoms with E-state index in [4.69, 9.17) is 10.00 Å². The second kappa shape index (κ2) is 7.69. The Morgan fingerprint density at radius 1 is 1.21 bits per heavy atom. The van der Waals surface area contributed by atoms with E-state index in [-0.39, 0.29) is 5.97 Å². The molecular formula is C23H23N3O2. The van der Waals surface area contributed by atoms with Crippen molar-refractivity contribution in [3.8, 4) is 17.2 Å². The Hall–Kier alpha value is -3.39. The number of hydrogen-bond donors (Lipinski definition) is 0. The number of carbonyl (C=O) groups is 1. The van der Waals surface area contributed by atoms with Gasteiger partial charge in [-0.25, -0.2) is 4.79 Å². The maximum absolute atomic E-state index is 13.1. The minimum absolute atomic E-state index is 0.371. The van der Waals surface area contributed by atoms with Crippen LogP contribution in [0.1, 0.15) is 48.0 Å². The highest BCUT2D eigenvalue weighted by molar-refractivity contribution is 5.97. The van der Waals surface area contributed by atoms with E-state index in [1.165, 1.54) is 0 Å². The predicted molar refractivity (Wildman–Crippen MR) is 108 cm³/mol. The maximum Gasteiger partial charge on any atom is 0.356 e. The van der Waals surface area contributed by atoms with Crippen LogP contribution in [0, 0.1) is 18.3 Å². The van der Waals surface area contributed by atoms with Gasteiger partial charge in [0, 0.05) is 30.7 Å². The summed E-state index contributed by atoms with van der Waals surface area (Å²) in [5.41, 5.74) is 4.14. The quantitative estimate of drug-likeness (QED) is 0.620. The molecule has 2 aromatic heterocycles. The minimum atomic E-state index is -0.601. The van der Waals surface area contributed by atoms with Crippen LogP contribution >= 0.6 is 0 Å². The van der Waals surface area contributed by atoms with Crippen molar-refractivity contribution in [2.75, 3.05) is 0 Å². The molecule has 1 aromatic carbocycles. The number of nitriles is 1. The maximum atomic E-state index is 13.1. The van der Waals surface area contributed by atoms with Crippen LogP contribution in [0.5, 0.6) is 0 Å². The van der Waals surface area contributed by atoms with E-state index in [0.717, 1.165) is 22.3 Å². The molecule has 0 fully saturated rings. The molecule has 0 unspecified atom stereocenters. The first-order valence-electron chi connectivity index (χ1n) is 9.11. The van der Waals surface area contributed by atoms with Crippen molar-refractivity contribution in [3.63, 3.8) is 0 Å². The molecule has 0 aliphatic rings. The number of hydrogen-bond acceptors (Lipinski definition) is 4. The molecule has 5 heteroatoms. The molecule has 0 aliphatic carbocycles. The summed E-state index contributed by atoms with van der Waals surface area (Å²) in [6, 6.07) is 13.2. The zero-order chi connectivity index (χ0) is 20.3. The van der Waals surface area contributed by atoms with E-state index in [1.807, 2.05) is 62.7 Å². The van der Waals surface area contributed by atoms with E-state index in [9.17, 15) is 4.79 Å². The Labute approximate surface area is 165 Å². The van der Waals surface area contributed by atoms with Crippen LogP contribution < -0.4 is 0 Å². The Kier molecular flexibility index (Phi) is 5.32. The smallest absolute Gasteiger partial charge is 0.356 e. The summed E-state index contributed by atoms with van der Waals surface area (Å²) in [6.07, 6.45) is 5.47. The summed E-state index contributed by atoms with van der Waals surface area (Å²) in [6.45, 7) is 8.05. The lowest BCUT2D eigenvalue weighted by Crippen LogP contribution is -2.26. The third kappa shape index (κ3) is 4.29. The molecule has 0 atom stereocenters. The monoisotopic (exact) mass is 373 g/mol. The van der Waals surface area contributed by atoms with Crippen molar-refractivity contribution in [3.05, 3.63) is 77.4 Å². The van der Waals surface area contributed by atoms with Gasteiger partial charge in [0.2, 0.25) is 0 Å². The Balaban J connectivity index is 2.12. The second-order valence-electron chi connectivity index (χ2n) is 7.72. The molecule has 0 saturated carbocycles. The normalized spacial score (nSPS) is 11.1. The molecule has 0 aliphatic heterocycles. The summed E-state index contributed by atoms with van der Waals surface area (Å²) in [5, 5.41) is 9.06. The van der Waals surface area contributed by atoms with Crippen LogP contribution in [0.2, 0.25) is 0 Å². The number of rotatable bonds is 4. The Bertz CT molecular complexity index is 1020.